The number of halogens is 2. The Morgan fingerprint density at radius 3 is 2.43 bits per heavy atom. The zero-order chi connectivity index (χ0) is 15.2. The summed E-state index contributed by atoms with van der Waals surface area (Å²) >= 11 is 9.33. The van der Waals surface area contributed by atoms with Crippen LogP contribution < -0.4 is 5.32 Å². The third-order valence-electron chi connectivity index (χ3n) is 3.27. The summed E-state index contributed by atoms with van der Waals surface area (Å²) in [6.45, 7) is 2.10. The zero-order valence-electron chi connectivity index (χ0n) is 11.8. The van der Waals surface area contributed by atoms with Gasteiger partial charge in [0, 0.05) is 15.9 Å². The van der Waals surface area contributed by atoms with Crippen LogP contribution in [-0.2, 0) is 17.6 Å². The zero-order valence-corrected chi connectivity index (χ0v) is 14.2. The van der Waals surface area contributed by atoms with Crippen LogP contribution in [0.25, 0.3) is 0 Å². The first-order valence-corrected chi connectivity index (χ1v) is 8.08. The van der Waals surface area contributed by atoms with Gasteiger partial charge in [-0.05, 0) is 64.2 Å². The van der Waals surface area contributed by atoms with E-state index in [0.29, 0.717) is 17.9 Å². The monoisotopic (exact) mass is 365 g/mol. The van der Waals surface area contributed by atoms with Gasteiger partial charge in [-0.25, -0.2) is 0 Å². The van der Waals surface area contributed by atoms with Crippen molar-refractivity contribution in [1.29, 1.82) is 0 Å². The Hall–Kier alpha value is -1.32. The van der Waals surface area contributed by atoms with Crippen molar-refractivity contribution < 1.29 is 4.79 Å². The lowest BCUT2D eigenvalue weighted by molar-refractivity contribution is -0.116. The summed E-state index contributed by atoms with van der Waals surface area (Å²) in [5.41, 5.74) is 3.16. The number of rotatable bonds is 5. The van der Waals surface area contributed by atoms with Crippen LogP contribution >= 0.6 is 27.5 Å². The van der Waals surface area contributed by atoms with Crippen LogP contribution in [0.3, 0.4) is 0 Å². The van der Waals surface area contributed by atoms with Gasteiger partial charge in [0.05, 0.1) is 5.69 Å². The van der Waals surface area contributed by atoms with Gasteiger partial charge in [0.15, 0.2) is 0 Å². The molecule has 0 aliphatic carbocycles. The molecule has 110 valence electrons. The van der Waals surface area contributed by atoms with Crippen LogP contribution in [0, 0.1) is 0 Å². The number of anilines is 1. The molecule has 2 aromatic rings. The van der Waals surface area contributed by atoms with E-state index in [1.807, 2.05) is 42.5 Å². The predicted molar refractivity (Wildman–Crippen MR) is 91.9 cm³/mol. The van der Waals surface area contributed by atoms with E-state index in [1.54, 1.807) is 0 Å². The molecule has 2 rings (SSSR count). The molecule has 0 unspecified atom stereocenters. The van der Waals surface area contributed by atoms with Crippen molar-refractivity contribution in [2.24, 2.45) is 0 Å². The first-order chi connectivity index (χ1) is 10.1. The molecule has 2 aromatic carbocycles. The number of nitrogens with one attached hydrogen (secondary N) is 1. The first-order valence-electron chi connectivity index (χ1n) is 6.91. The summed E-state index contributed by atoms with van der Waals surface area (Å²) in [5.74, 6) is 0.00917. The maximum absolute atomic E-state index is 12.0. The average Bonchev–Trinajstić information content (AvgIpc) is 2.48. The Balaban J connectivity index is 1.91. The molecular formula is C17H17BrClNO. The minimum atomic E-state index is 0.00917. The third-order valence-corrected chi connectivity index (χ3v) is 4.18. The van der Waals surface area contributed by atoms with Gasteiger partial charge in [-0.15, -0.1) is 0 Å². The molecule has 0 radical (unpaired) electrons. The van der Waals surface area contributed by atoms with Gasteiger partial charge >= 0.3 is 0 Å². The van der Waals surface area contributed by atoms with Gasteiger partial charge in [-0.1, -0.05) is 36.7 Å². The molecule has 0 aromatic heterocycles. The standard InChI is InChI=1S/C17H17BrClNO/c1-2-12-5-9-16(15(18)11-12)20-17(21)10-6-13-3-7-14(19)8-4-13/h3-5,7-9,11H,2,6,10H2,1H3,(H,20,21). The fraction of sp³-hybridized carbons (Fsp3) is 0.235. The molecule has 21 heavy (non-hydrogen) atoms. The Morgan fingerprint density at radius 2 is 1.81 bits per heavy atom. The van der Waals surface area contributed by atoms with Crippen molar-refractivity contribution in [3.8, 4) is 0 Å². The second-order valence-corrected chi connectivity index (χ2v) is 6.13. The van der Waals surface area contributed by atoms with Crippen LogP contribution in [0.4, 0.5) is 5.69 Å². The van der Waals surface area contributed by atoms with Crippen LogP contribution in [0.2, 0.25) is 5.02 Å². The number of carbonyl (C=O) groups excluding carboxylic acids is 1. The molecule has 4 heteroatoms. The molecule has 0 saturated heterocycles. The summed E-state index contributed by atoms with van der Waals surface area (Å²) in [7, 11) is 0. The molecule has 0 heterocycles. The minimum absolute atomic E-state index is 0.00917. The lowest BCUT2D eigenvalue weighted by Crippen LogP contribution is -2.12. The Bertz CT molecular complexity index is 625. The molecule has 2 nitrogen and oxygen atoms in total. The number of amides is 1. The second-order valence-electron chi connectivity index (χ2n) is 4.84. The smallest absolute Gasteiger partial charge is 0.224 e. The summed E-state index contributed by atoms with van der Waals surface area (Å²) in [6.07, 6.45) is 2.13. The highest BCUT2D eigenvalue weighted by molar-refractivity contribution is 9.10. The summed E-state index contributed by atoms with van der Waals surface area (Å²) in [6, 6.07) is 13.6. The van der Waals surface area contributed by atoms with E-state index in [1.165, 1.54) is 5.56 Å². The molecule has 0 bridgehead atoms. The van der Waals surface area contributed by atoms with E-state index in [2.05, 4.69) is 28.2 Å². The maximum atomic E-state index is 12.0. The topological polar surface area (TPSA) is 29.1 Å². The molecular weight excluding hydrogens is 350 g/mol. The quantitative estimate of drug-likeness (QED) is 0.770. The third kappa shape index (κ3) is 4.87. The van der Waals surface area contributed by atoms with E-state index < -0.39 is 0 Å². The average molecular weight is 367 g/mol. The van der Waals surface area contributed by atoms with E-state index in [0.717, 1.165) is 22.1 Å². The van der Waals surface area contributed by atoms with E-state index in [-0.39, 0.29) is 5.91 Å². The summed E-state index contributed by atoms with van der Waals surface area (Å²) < 4.78 is 0.918. The van der Waals surface area contributed by atoms with Crippen molar-refractivity contribution in [2.75, 3.05) is 5.32 Å². The summed E-state index contributed by atoms with van der Waals surface area (Å²) in [4.78, 5) is 12.0. The van der Waals surface area contributed by atoms with Crippen LogP contribution in [0.15, 0.2) is 46.9 Å². The Labute approximate surface area is 138 Å². The van der Waals surface area contributed by atoms with E-state index in [4.69, 9.17) is 11.6 Å². The SMILES string of the molecule is CCc1ccc(NC(=O)CCc2ccc(Cl)cc2)c(Br)c1. The first kappa shape index (κ1) is 16.1. The maximum Gasteiger partial charge on any atom is 0.224 e. The van der Waals surface area contributed by atoms with Gasteiger partial charge in [-0.3, -0.25) is 4.79 Å². The lowest BCUT2D eigenvalue weighted by Gasteiger charge is -2.09. The number of hydrogen-bond acceptors (Lipinski definition) is 1. The van der Waals surface area contributed by atoms with Gasteiger partial charge in [0.1, 0.15) is 0 Å². The second kappa shape index (κ2) is 7.62. The highest BCUT2D eigenvalue weighted by Gasteiger charge is 2.06. The Morgan fingerprint density at radius 1 is 1.14 bits per heavy atom. The van der Waals surface area contributed by atoms with Crippen LogP contribution in [0.1, 0.15) is 24.5 Å². The van der Waals surface area contributed by atoms with Gasteiger partial charge < -0.3 is 5.32 Å². The summed E-state index contributed by atoms with van der Waals surface area (Å²) in [5, 5.41) is 3.64. The molecule has 0 atom stereocenters. The van der Waals surface area contributed by atoms with Crippen molar-refractivity contribution in [3.05, 3.63) is 63.1 Å². The van der Waals surface area contributed by atoms with Gasteiger partial charge in [-0.2, -0.15) is 0 Å². The van der Waals surface area contributed by atoms with Crippen molar-refractivity contribution >= 4 is 39.1 Å². The van der Waals surface area contributed by atoms with Gasteiger partial charge in [0.25, 0.3) is 0 Å². The Kier molecular flexibility index (Phi) is 5.83. The van der Waals surface area contributed by atoms with Crippen molar-refractivity contribution in [1.82, 2.24) is 0 Å². The lowest BCUT2D eigenvalue weighted by atomic mass is 10.1. The molecule has 0 aliphatic heterocycles. The van der Waals surface area contributed by atoms with Gasteiger partial charge in [0.2, 0.25) is 5.91 Å². The van der Waals surface area contributed by atoms with Crippen molar-refractivity contribution in [2.45, 2.75) is 26.2 Å². The molecule has 1 amide bonds. The molecule has 0 saturated carbocycles. The van der Waals surface area contributed by atoms with Crippen LogP contribution in [-0.4, -0.2) is 5.91 Å². The molecule has 0 aliphatic rings. The molecule has 0 spiro atoms. The van der Waals surface area contributed by atoms with E-state index >= 15 is 0 Å². The highest BCUT2D eigenvalue weighted by Crippen LogP contribution is 2.24. The minimum Gasteiger partial charge on any atom is -0.325 e. The predicted octanol–water partition coefficient (Wildman–Crippen LogP) is 5.24. The fourth-order valence-electron chi connectivity index (χ4n) is 2.00. The molecule has 1 N–H and O–H groups in total. The van der Waals surface area contributed by atoms with Crippen LogP contribution in [0.5, 0.6) is 0 Å². The number of carbonyl (C=O) groups is 1. The number of hydrogen-bond donors (Lipinski definition) is 1. The number of aryl methyl sites for hydroxylation is 2. The fourth-order valence-corrected chi connectivity index (χ4v) is 2.65. The van der Waals surface area contributed by atoms with E-state index in [9.17, 15) is 4.79 Å². The molecule has 0 fully saturated rings. The largest absolute Gasteiger partial charge is 0.325 e. The van der Waals surface area contributed by atoms with Crippen molar-refractivity contribution in [3.63, 3.8) is 0 Å². The normalized spacial score (nSPS) is 10.4. The number of benzene rings is 2. The highest BCUT2D eigenvalue weighted by atomic mass is 79.9.